The Labute approximate surface area is 77.5 Å². The molecule has 6 heteroatoms. The lowest BCUT2D eigenvalue weighted by Gasteiger charge is -2.07. The van der Waals surface area contributed by atoms with Crippen molar-refractivity contribution in [3.63, 3.8) is 0 Å². The lowest BCUT2D eigenvalue weighted by molar-refractivity contribution is -0.384. The fourth-order valence-corrected chi connectivity index (χ4v) is 1.04. The van der Waals surface area contributed by atoms with Crippen molar-refractivity contribution < 1.29 is 10.0 Å². The maximum atomic E-state index is 10.8. The summed E-state index contributed by atoms with van der Waals surface area (Å²) >= 11 is 10.8. The Morgan fingerprint density at radius 2 is 1.83 bits per heavy atom. The Balaban J connectivity index is 3.33. The van der Waals surface area contributed by atoms with Crippen molar-refractivity contribution in [2.45, 2.75) is 0 Å². The molecular weight excluding hydrogens is 205 g/mol. The molecule has 0 saturated heterocycles. The van der Waals surface area contributed by atoms with Crippen molar-refractivity contribution in [1.82, 2.24) is 0 Å². The van der Waals surface area contributed by atoms with Crippen LogP contribution >= 0.6 is 23.2 Å². The summed E-state index contributed by atoms with van der Waals surface area (Å²) in [6, 6.07) is 1.86. The van der Waals surface area contributed by atoms with E-state index in [1.54, 1.807) is 0 Å². The number of hydrogen-bond acceptors (Lipinski definition) is 3. The van der Waals surface area contributed by atoms with E-state index in [1.807, 2.05) is 0 Å². The van der Waals surface area contributed by atoms with Gasteiger partial charge in [-0.25, -0.2) is 0 Å². The van der Waals surface area contributed by atoms with Gasteiger partial charge in [0.15, 0.2) is 0 Å². The van der Waals surface area contributed by atoms with E-state index in [2.05, 4.69) is 0 Å². The van der Waals surface area contributed by atoms with Crippen molar-refractivity contribution >= 4 is 28.9 Å². The summed E-state index contributed by atoms with van der Waals surface area (Å²) < 4.78 is 0. The zero-order chi connectivity index (χ0) is 9.30. The van der Waals surface area contributed by atoms with Gasteiger partial charge in [0.2, 0.25) is 0 Å². The van der Waals surface area contributed by atoms with Gasteiger partial charge in [-0.1, -0.05) is 29.0 Å². The number of rotatable bonds is 1. The minimum Gasteiger partial charge on any atom is -0.871 e. The van der Waals surface area contributed by atoms with E-state index in [0.717, 1.165) is 12.1 Å². The van der Waals surface area contributed by atoms with Crippen LogP contribution < -0.4 is 5.11 Å². The molecule has 0 N–H and O–H groups in total. The van der Waals surface area contributed by atoms with Gasteiger partial charge >= 0.3 is 0 Å². The molecule has 4 nitrogen and oxygen atoms in total. The highest BCUT2D eigenvalue weighted by molar-refractivity contribution is 6.35. The summed E-state index contributed by atoms with van der Waals surface area (Å²) in [5.74, 6) is -0.521. The number of nitro benzene ring substituents is 1. The van der Waals surface area contributed by atoms with Crippen molar-refractivity contribution in [1.29, 1.82) is 0 Å². The molecule has 1 rings (SSSR count). The van der Waals surface area contributed by atoms with E-state index in [9.17, 15) is 15.2 Å². The lowest BCUT2D eigenvalue weighted by Crippen LogP contribution is -1.94. The molecule has 1 aromatic carbocycles. The molecular formula is C6H2Cl2NO3-. The van der Waals surface area contributed by atoms with Gasteiger partial charge in [-0.05, 0) is 6.07 Å². The normalized spacial score (nSPS) is 9.83. The molecule has 0 aromatic heterocycles. The van der Waals surface area contributed by atoms with Gasteiger partial charge in [0.05, 0.1) is 4.92 Å². The summed E-state index contributed by atoms with van der Waals surface area (Å²) in [6.07, 6.45) is 0. The fourth-order valence-electron chi connectivity index (χ4n) is 0.658. The number of halogens is 2. The molecule has 0 fully saturated rings. The Morgan fingerprint density at radius 1 is 1.25 bits per heavy atom. The topological polar surface area (TPSA) is 66.2 Å². The first-order chi connectivity index (χ1) is 5.52. The second kappa shape index (κ2) is 3.16. The Morgan fingerprint density at radius 3 is 2.33 bits per heavy atom. The van der Waals surface area contributed by atoms with E-state index in [-0.39, 0.29) is 15.7 Å². The Hall–Kier alpha value is -1.00. The molecule has 0 heterocycles. The van der Waals surface area contributed by atoms with Gasteiger partial charge in [0.25, 0.3) is 5.69 Å². The molecule has 0 saturated carbocycles. The fraction of sp³-hybridized carbons (Fsp3) is 0. The van der Waals surface area contributed by atoms with Crippen LogP contribution in [-0.2, 0) is 0 Å². The molecule has 0 aliphatic rings. The second-order valence-corrected chi connectivity index (χ2v) is 2.81. The number of nitro groups is 1. The third-order valence-corrected chi connectivity index (χ3v) is 1.80. The summed E-state index contributed by atoms with van der Waals surface area (Å²) in [5, 5.41) is 20.6. The van der Waals surface area contributed by atoms with E-state index >= 15 is 0 Å². The van der Waals surface area contributed by atoms with Crippen molar-refractivity contribution in [2.75, 3.05) is 0 Å². The van der Waals surface area contributed by atoms with Crippen LogP contribution in [0.15, 0.2) is 12.1 Å². The highest BCUT2D eigenvalue weighted by Gasteiger charge is 2.12. The zero-order valence-electron chi connectivity index (χ0n) is 5.58. The lowest BCUT2D eigenvalue weighted by atomic mass is 10.3. The minimum absolute atomic E-state index is 0.200. The monoisotopic (exact) mass is 206 g/mol. The average molecular weight is 207 g/mol. The van der Waals surface area contributed by atoms with Gasteiger partial charge in [-0.15, -0.1) is 0 Å². The molecule has 1 aromatic rings. The quantitative estimate of drug-likeness (QED) is 0.522. The van der Waals surface area contributed by atoms with E-state index in [1.165, 1.54) is 0 Å². The highest BCUT2D eigenvalue weighted by Crippen LogP contribution is 2.32. The third kappa shape index (κ3) is 1.60. The predicted molar refractivity (Wildman–Crippen MR) is 42.6 cm³/mol. The standard InChI is InChI=1S/C6H3Cl2NO3/c7-3-2-6(10)4(8)1-5(3)9(11)12/h1-2,10H/p-1. The van der Waals surface area contributed by atoms with Gasteiger partial charge in [-0.3, -0.25) is 10.1 Å². The smallest absolute Gasteiger partial charge is 0.289 e. The minimum atomic E-state index is -0.701. The van der Waals surface area contributed by atoms with Crippen LogP contribution in [-0.4, -0.2) is 4.92 Å². The number of benzene rings is 1. The van der Waals surface area contributed by atoms with Crippen LogP contribution in [0.1, 0.15) is 0 Å². The summed E-state index contributed by atoms with van der Waals surface area (Å²) in [5.41, 5.74) is -0.360. The first-order valence-electron chi connectivity index (χ1n) is 2.83. The third-order valence-electron chi connectivity index (χ3n) is 1.20. The molecule has 0 aliphatic heterocycles. The number of hydrogen-bond donors (Lipinski definition) is 0. The van der Waals surface area contributed by atoms with Gasteiger partial charge < -0.3 is 5.11 Å². The van der Waals surface area contributed by atoms with Crippen LogP contribution in [0.5, 0.6) is 5.75 Å². The summed E-state index contributed by atoms with van der Waals surface area (Å²) in [4.78, 5) is 9.54. The Kier molecular flexibility index (Phi) is 2.40. The van der Waals surface area contributed by atoms with Gasteiger partial charge in [0, 0.05) is 11.1 Å². The van der Waals surface area contributed by atoms with Crippen molar-refractivity contribution in [3.05, 3.63) is 32.3 Å². The van der Waals surface area contributed by atoms with Gasteiger partial charge in [-0.2, -0.15) is 0 Å². The largest absolute Gasteiger partial charge is 0.871 e. The first kappa shape index (κ1) is 9.09. The number of nitrogens with zero attached hydrogens (tertiary/aromatic N) is 1. The summed E-state index contributed by atoms with van der Waals surface area (Å²) in [7, 11) is 0. The molecule has 64 valence electrons. The van der Waals surface area contributed by atoms with E-state index in [0.29, 0.717) is 0 Å². The van der Waals surface area contributed by atoms with E-state index in [4.69, 9.17) is 23.2 Å². The second-order valence-electron chi connectivity index (χ2n) is 1.99. The highest BCUT2D eigenvalue weighted by atomic mass is 35.5. The van der Waals surface area contributed by atoms with Crippen LogP contribution in [0.4, 0.5) is 5.69 Å². The van der Waals surface area contributed by atoms with Crippen LogP contribution in [0, 0.1) is 10.1 Å². The zero-order valence-corrected chi connectivity index (χ0v) is 7.09. The van der Waals surface area contributed by atoms with Gasteiger partial charge in [0.1, 0.15) is 5.02 Å². The first-order valence-corrected chi connectivity index (χ1v) is 3.58. The van der Waals surface area contributed by atoms with Crippen LogP contribution in [0.2, 0.25) is 10.0 Å². The SMILES string of the molecule is O=[N+]([O-])c1cc(Cl)c([O-])cc1Cl. The van der Waals surface area contributed by atoms with Crippen LogP contribution in [0.25, 0.3) is 0 Å². The molecule has 0 radical (unpaired) electrons. The molecule has 0 amide bonds. The molecule has 0 bridgehead atoms. The average Bonchev–Trinajstić information content (AvgIpc) is 1.96. The predicted octanol–water partition coefficient (Wildman–Crippen LogP) is 1.98. The van der Waals surface area contributed by atoms with E-state index < -0.39 is 10.7 Å². The maximum absolute atomic E-state index is 10.8. The van der Waals surface area contributed by atoms with Crippen molar-refractivity contribution in [2.24, 2.45) is 0 Å². The summed E-state index contributed by atoms with van der Waals surface area (Å²) in [6.45, 7) is 0. The molecule has 12 heavy (non-hydrogen) atoms. The Bertz CT molecular complexity index is 340. The van der Waals surface area contributed by atoms with Crippen LogP contribution in [0.3, 0.4) is 0 Å². The molecule has 0 spiro atoms. The maximum Gasteiger partial charge on any atom is 0.289 e. The molecule has 0 aliphatic carbocycles. The molecule has 0 unspecified atom stereocenters. The molecule has 0 atom stereocenters. The van der Waals surface area contributed by atoms with Crippen molar-refractivity contribution in [3.8, 4) is 5.75 Å².